The number of amides is 1. The normalized spacial score (nSPS) is 19.1. The molecule has 0 aliphatic carbocycles. The molecule has 24 heavy (non-hydrogen) atoms. The molecule has 1 amide bonds. The molecule has 2 aromatic rings. The molecule has 1 aliphatic rings. The standard InChI is InChI=1S/C18H17NO5/c20-15(18(22)23)16-17(21)19(9-10-24-16)14-8-4-7-13(11-14)12-5-2-1-3-6-12/h1-8,11,15-16,20H,9-10H2,(H,22,23). The van der Waals surface area contributed by atoms with Crippen LogP contribution in [0.4, 0.5) is 5.69 Å². The van der Waals surface area contributed by atoms with Gasteiger partial charge in [0.25, 0.3) is 5.91 Å². The van der Waals surface area contributed by atoms with Crippen molar-refractivity contribution in [3.8, 4) is 11.1 Å². The van der Waals surface area contributed by atoms with E-state index in [2.05, 4.69) is 0 Å². The van der Waals surface area contributed by atoms with E-state index in [-0.39, 0.29) is 6.61 Å². The first kappa shape index (κ1) is 16.2. The van der Waals surface area contributed by atoms with Crippen molar-refractivity contribution < 1.29 is 24.5 Å². The Morgan fingerprint density at radius 1 is 1.12 bits per heavy atom. The van der Waals surface area contributed by atoms with Crippen molar-refractivity contribution in [3.63, 3.8) is 0 Å². The lowest BCUT2D eigenvalue weighted by molar-refractivity contribution is -0.163. The van der Waals surface area contributed by atoms with Gasteiger partial charge in [-0.15, -0.1) is 0 Å². The van der Waals surface area contributed by atoms with Crippen molar-refractivity contribution in [2.24, 2.45) is 0 Å². The summed E-state index contributed by atoms with van der Waals surface area (Å²) in [6, 6.07) is 17.1. The minimum Gasteiger partial charge on any atom is -0.479 e. The van der Waals surface area contributed by atoms with Gasteiger partial charge in [-0.3, -0.25) is 4.79 Å². The number of carbonyl (C=O) groups excluding carboxylic acids is 1. The maximum atomic E-state index is 12.5. The second-order valence-electron chi connectivity index (χ2n) is 5.48. The van der Waals surface area contributed by atoms with Crippen molar-refractivity contribution in [1.29, 1.82) is 0 Å². The SMILES string of the molecule is O=C(O)C(O)C1OCCN(c2cccc(-c3ccccc3)c2)C1=O. The molecule has 6 heteroatoms. The number of ether oxygens (including phenoxy) is 1. The summed E-state index contributed by atoms with van der Waals surface area (Å²) in [5.41, 5.74) is 2.61. The van der Waals surface area contributed by atoms with Crippen LogP contribution in [-0.2, 0) is 14.3 Å². The maximum Gasteiger partial charge on any atom is 0.335 e. The number of aliphatic hydroxyl groups is 1. The monoisotopic (exact) mass is 327 g/mol. The molecule has 1 saturated heterocycles. The molecule has 2 unspecified atom stereocenters. The van der Waals surface area contributed by atoms with Crippen LogP contribution in [-0.4, -0.2) is 47.4 Å². The summed E-state index contributed by atoms with van der Waals surface area (Å²) >= 11 is 0. The fourth-order valence-electron chi connectivity index (χ4n) is 2.70. The van der Waals surface area contributed by atoms with Crippen LogP contribution in [0.15, 0.2) is 54.6 Å². The third-order valence-corrected chi connectivity index (χ3v) is 3.93. The summed E-state index contributed by atoms with van der Waals surface area (Å²) in [7, 11) is 0. The summed E-state index contributed by atoms with van der Waals surface area (Å²) in [4.78, 5) is 24.9. The van der Waals surface area contributed by atoms with Gasteiger partial charge in [0.2, 0.25) is 0 Å². The summed E-state index contributed by atoms with van der Waals surface area (Å²) in [6.45, 7) is 0.468. The van der Waals surface area contributed by atoms with E-state index in [0.29, 0.717) is 12.2 Å². The average molecular weight is 327 g/mol. The molecule has 3 rings (SSSR count). The molecule has 0 spiro atoms. The smallest absolute Gasteiger partial charge is 0.335 e. The predicted octanol–water partition coefficient (Wildman–Crippen LogP) is 1.53. The highest BCUT2D eigenvalue weighted by atomic mass is 16.5. The first-order valence-corrected chi connectivity index (χ1v) is 7.57. The minimum atomic E-state index is -1.88. The molecule has 1 fully saturated rings. The number of morpholine rings is 1. The molecule has 1 heterocycles. The first-order chi connectivity index (χ1) is 11.6. The molecule has 6 nitrogen and oxygen atoms in total. The van der Waals surface area contributed by atoms with E-state index < -0.39 is 24.1 Å². The van der Waals surface area contributed by atoms with Gasteiger partial charge < -0.3 is 19.8 Å². The quantitative estimate of drug-likeness (QED) is 0.889. The van der Waals surface area contributed by atoms with Crippen LogP contribution in [0, 0.1) is 0 Å². The Balaban J connectivity index is 1.88. The van der Waals surface area contributed by atoms with Crippen molar-refractivity contribution in [1.82, 2.24) is 0 Å². The van der Waals surface area contributed by atoms with Crippen LogP contribution < -0.4 is 4.90 Å². The number of carboxylic acids is 1. The van der Waals surface area contributed by atoms with Crippen LogP contribution in [0.3, 0.4) is 0 Å². The lowest BCUT2D eigenvalue weighted by Gasteiger charge is -2.33. The molecule has 2 aromatic carbocycles. The van der Waals surface area contributed by atoms with Crippen molar-refractivity contribution in [3.05, 3.63) is 54.6 Å². The topological polar surface area (TPSA) is 87.1 Å². The van der Waals surface area contributed by atoms with Crippen molar-refractivity contribution in [2.45, 2.75) is 12.2 Å². The lowest BCUT2D eigenvalue weighted by atomic mass is 10.0. The molecular formula is C18H17NO5. The van der Waals surface area contributed by atoms with Crippen LogP contribution in [0.25, 0.3) is 11.1 Å². The van der Waals surface area contributed by atoms with Gasteiger partial charge in [0.15, 0.2) is 12.2 Å². The zero-order valence-electron chi connectivity index (χ0n) is 12.8. The van der Waals surface area contributed by atoms with Crippen LogP contribution in [0.2, 0.25) is 0 Å². The van der Waals surface area contributed by atoms with Gasteiger partial charge in [0, 0.05) is 12.2 Å². The number of hydrogen-bond donors (Lipinski definition) is 2. The Morgan fingerprint density at radius 3 is 2.54 bits per heavy atom. The summed E-state index contributed by atoms with van der Waals surface area (Å²) in [5.74, 6) is -2.03. The van der Waals surface area contributed by atoms with Gasteiger partial charge >= 0.3 is 5.97 Å². The van der Waals surface area contributed by atoms with Crippen LogP contribution in [0.1, 0.15) is 0 Å². The molecule has 0 bridgehead atoms. The van der Waals surface area contributed by atoms with Gasteiger partial charge in [0.05, 0.1) is 6.61 Å². The zero-order chi connectivity index (χ0) is 17.1. The van der Waals surface area contributed by atoms with E-state index in [1.54, 1.807) is 6.07 Å². The van der Waals surface area contributed by atoms with Crippen LogP contribution >= 0.6 is 0 Å². The molecule has 2 atom stereocenters. The van der Waals surface area contributed by atoms with Gasteiger partial charge in [-0.05, 0) is 23.3 Å². The molecule has 0 aromatic heterocycles. The number of hydrogen-bond acceptors (Lipinski definition) is 4. The summed E-state index contributed by atoms with van der Waals surface area (Å²) < 4.78 is 5.16. The molecular weight excluding hydrogens is 310 g/mol. The molecule has 124 valence electrons. The Hall–Kier alpha value is -2.70. The van der Waals surface area contributed by atoms with Gasteiger partial charge in [-0.2, -0.15) is 0 Å². The number of anilines is 1. The van der Waals surface area contributed by atoms with Gasteiger partial charge in [-0.25, -0.2) is 4.79 Å². The summed E-state index contributed by atoms with van der Waals surface area (Å²) in [6.07, 6.45) is -3.27. The van der Waals surface area contributed by atoms with Gasteiger partial charge in [-0.1, -0.05) is 42.5 Å². The Labute approximate surface area is 138 Å². The van der Waals surface area contributed by atoms with E-state index in [9.17, 15) is 14.7 Å². The maximum absolute atomic E-state index is 12.5. The second-order valence-corrected chi connectivity index (χ2v) is 5.48. The highest BCUT2D eigenvalue weighted by molar-refractivity contribution is 6.00. The fraction of sp³-hybridized carbons (Fsp3) is 0.222. The van der Waals surface area contributed by atoms with E-state index in [0.717, 1.165) is 11.1 Å². The Kier molecular flexibility index (Phi) is 4.59. The van der Waals surface area contributed by atoms with Crippen molar-refractivity contribution >= 4 is 17.6 Å². The third-order valence-electron chi connectivity index (χ3n) is 3.93. The summed E-state index contributed by atoms with van der Waals surface area (Å²) in [5, 5.41) is 18.5. The van der Waals surface area contributed by atoms with Gasteiger partial charge in [0.1, 0.15) is 0 Å². The molecule has 0 saturated carbocycles. The molecule has 2 N–H and O–H groups in total. The van der Waals surface area contributed by atoms with E-state index >= 15 is 0 Å². The second kappa shape index (κ2) is 6.82. The van der Waals surface area contributed by atoms with E-state index in [1.165, 1.54) is 4.90 Å². The number of benzene rings is 2. The van der Waals surface area contributed by atoms with E-state index in [1.807, 2.05) is 48.5 Å². The number of aliphatic hydroxyl groups excluding tert-OH is 1. The fourth-order valence-corrected chi connectivity index (χ4v) is 2.70. The average Bonchev–Trinajstić information content (AvgIpc) is 2.62. The van der Waals surface area contributed by atoms with E-state index in [4.69, 9.17) is 9.84 Å². The highest BCUT2D eigenvalue weighted by Crippen LogP contribution is 2.26. The Morgan fingerprint density at radius 2 is 1.83 bits per heavy atom. The third kappa shape index (κ3) is 3.15. The molecule has 0 radical (unpaired) electrons. The largest absolute Gasteiger partial charge is 0.479 e. The Bertz CT molecular complexity index is 746. The zero-order valence-corrected chi connectivity index (χ0v) is 12.8. The number of carbonyl (C=O) groups is 2. The highest BCUT2D eigenvalue weighted by Gasteiger charge is 2.39. The number of nitrogens with zero attached hydrogens (tertiary/aromatic N) is 1. The number of carboxylic acid groups (broad SMARTS) is 1. The number of rotatable bonds is 4. The number of aliphatic carboxylic acids is 1. The lowest BCUT2D eigenvalue weighted by Crippen LogP contribution is -2.54. The first-order valence-electron chi connectivity index (χ1n) is 7.57. The van der Waals surface area contributed by atoms with Crippen LogP contribution in [0.5, 0.6) is 0 Å². The predicted molar refractivity (Wildman–Crippen MR) is 87.6 cm³/mol. The molecule has 1 aliphatic heterocycles. The minimum absolute atomic E-state index is 0.163. The van der Waals surface area contributed by atoms with Crippen molar-refractivity contribution in [2.75, 3.05) is 18.1 Å².